The number of amides is 1. The van der Waals surface area contributed by atoms with Gasteiger partial charge >= 0.3 is 0 Å². The monoisotopic (exact) mass is 304 g/mol. The Labute approximate surface area is 123 Å². The van der Waals surface area contributed by atoms with Crippen LogP contribution in [0.25, 0.3) is 5.82 Å². The molecule has 7 heteroatoms. The molecule has 0 aliphatic carbocycles. The van der Waals surface area contributed by atoms with E-state index in [-0.39, 0.29) is 5.91 Å². The van der Waals surface area contributed by atoms with Gasteiger partial charge in [-0.2, -0.15) is 5.10 Å². The van der Waals surface area contributed by atoms with Gasteiger partial charge in [-0.15, -0.1) is 11.3 Å². The third-order valence-electron chi connectivity index (χ3n) is 2.55. The first kappa shape index (κ1) is 12.8. The fourth-order valence-electron chi connectivity index (χ4n) is 1.69. The average molecular weight is 305 g/mol. The van der Waals surface area contributed by atoms with Gasteiger partial charge in [-0.25, -0.2) is 9.67 Å². The van der Waals surface area contributed by atoms with Crippen LogP contribution in [0.2, 0.25) is 4.34 Å². The lowest BCUT2D eigenvalue weighted by atomic mass is 10.3. The van der Waals surface area contributed by atoms with Crippen molar-refractivity contribution in [2.24, 2.45) is 0 Å². The van der Waals surface area contributed by atoms with Crippen LogP contribution < -0.4 is 5.32 Å². The van der Waals surface area contributed by atoms with Crippen molar-refractivity contribution in [3.63, 3.8) is 0 Å². The van der Waals surface area contributed by atoms with E-state index in [4.69, 9.17) is 11.6 Å². The molecule has 3 aromatic rings. The van der Waals surface area contributed by atoms with Gasteiger partial charge in [0.05, 0.1) is 14.9 Å². The van der Waals surface area contributed by atoms with Crippen molar-refractivity contribution in [3.05, 3.63) is 58.1 Å². The summed E-state index contributed by atoms with van der Waals surface area (Å²) >= 11 is 7.06. The normalized spacial score (nSPS) is 10.4. The van der Waals surface area contributed by atoms with Crippen LogP contribution in [0.4, 0.5) is 5.69 Å². The molecule has 3 rings (SSSR count). The van der Waals surface area contributed by atoms with E-state index in [0.29, 0.717) is 20.7 Å². The SMILES string of the molecule is O=C(Nc1cccnc1-n1cccn1)c1ccc(Cl)s1. The van der Waals surface area contributed by atoms with Gasteiger partial charge in [-0.3, -0.25) is 4.79 Å². The molecule has 0 radical (unpaired) electrons. The van der Waals surface area contributed by atoms with Crippen LogP contribution in [0.15, 0.2) is 48.9 Å². The minimum Gasteiger partial charge on any atom is -0.318 e. The molecule has 0 unspecified atom stereocenters. The summed E-state index contributed by atoms with van der Waals surface area (Å²) in [6, 6.07) is 8.70. The van der Waals surface area contributed by atoms with E-state index in [1.807, 2.05) is 0 Å². The molecule has 20 heavy (non-hydrogen) atoms. The van der Waals surface area contributed by atoms with Crippen molar-refractivity contribution in [1.82, 2.24) is 14.8 Å². The third-order valence-corrected chi connectivity index (χ3v) is 3.78. The van der Waals surface area contributed by atoms with Crippen molar-refractivity contribution in [3.8, 4) is 5.82 Å². The summed E-state index contributed by atoms with van der Waals surface area (Å²) in [5, 5.41) is 6.93. The molecule has 5 nitrogen and oxygen atoms in total. The van der Waals surface area contributed by atoms with Gasteiger partial charge in [-0.05, 0) is 30.3 Å². The highest BCUT2D eigenvalue weighted by Gasteiger charge is 2.12. The number of carbonyl (C=O) groups excluding carboxylic acids is 1. The Bertz CT molecular complexity index is 738. The van der Waals surface area contributed by atoms with Crippen LogP contribution in [0.1, 0.15) is 9.67 Å². The van der Waals surface area contributed by atoms with Gasteiger partial charge in [0, 0.05) is 18.6 Å². The Balaban J connectivity index is 1.90. The number of halogens is 1. The number of nitrogens with zero attached hydrogens (tertiary/aromatic N) is 3. The number of rotatable bonds is 3. The molecular formula is C13H9ClN4OS. The number of hydrogen-bond donors (Lipinski definition) is 1. The highest BCUT2D eigenvalue weighted by Crippen LogP contribution is 2.23. The number of nitrogens with one attached hydrogen (secondary N) is 1. The van der Waals surface area contributed by atoms with Gasteiger partial charge in [0.25, 0.3) is 5.91 Å². The second kappa shape index (κ2) is 5.44. The zero-order valence-electron chi connectivity index (χ0n) is 10.2. The first-order chi connectivity index (χ1) is 9.74. The van der Waals surface area contributed by atoms with Gasteiger partial charge in [0.2, 0.25) is 0 Å². The van der Waals surface area contributed by atoms with Crippen molar-refractivity contribution in [2.75, 3.05) is 5.32 Å². The van der Waals surface area contributed by atoms with Crippen molar-refractivity contribution in [1.29, 1.82) is 0 Å². The molecule has 0 bridgehead atoms. The molecule has 1 amide bonds. The van der Waals surface area contributed by atoms with E-state index in [9.17, 15) is 4.79 Å². The number of carbonyl (C=O) groups is 1. The van der Waals surface area contributed by atoms with Crippen molar-refractivity contribution >= 4 is 34.5 Å². The molecule has 0 aliphatic heterocycles. The maximum Gasteiger partial charge on any atom is 0.265 e. The van der Waals surface area contributed by atoms with Gasteiger partial charge in [0.15, 0.2) is 5.82 Å². The molecule has 0 aliphatic rings. The number of aromatic nitrogens is 3. The summed E-state index contributed by atoms with van der Waals surface area (Å²) in [5.41, 5.74) is 0.589. The van der Waals surface area contributed by atoms with E-state index in [1.54, 1.807) is 53.6 Å². The Hall–Kier alpha value is -2.18. The molecule has 0 aromatic carbocycles. The number of thiophene rings is 1. The Kier molecular flexibility index (Phi) is 3.49. The lowest BCUT2D eigenvalue weighted by Crippen LogP contribution is -2.13. The zero-order valence-corrected chi connectivity index (χ0v) is 11.7. The Morgan fingerprint density at radius 2 is 2.15 bits per heavy atom. The molecule has 0 fully saturated rings. The predicted molar refractivity (Wildman–Crippen MR) is 78.6 cm³/mol. The van der Waals surface area contributed by atoms with E-state index >= 15 is 0 Å². The van der Waals surface area contributed by atoms with E-state index in [0.717, 1.165) is 0 Å². The summed E-state index contributed by atoms with van der Waals surface area (Å²) in [7, 11) is 0. The maximum atomic E-state index is 12.1. The molecule has 1 N–H and O–H groups in total. The molecule has 3 aromatic heterocycles. The van der Waals surface area contributed by atoms with Crippen LogP contribution in [0, 0.1) is 0 Å². The average Bonchev–Trinajstić information content (AvgIpc) is 3.10. The van der Waals surface area contributed by atoms with Crippen LogP contribution in [-0.2, 0) is 0 Å². The largest absolute Gasteiger partial charge is 0.318 e. The molecule has 3 heterocycles. The second-order valence-corrected chi connectivity index (χ2v) is 5.60. The molecule has 0 saturated heterocycles. The fraction of sp³-hybridized carbons (Fsp3) is 0. The van der Waals surface area contributed by atoms with Gasteiger partial charge < -0.3 is 5.32 Å². The first-order valence-electron chi connectivity index (χ1n) is 5.76. The number of anilines is 1. The zero-order chi connectivity index (χ0) is 13.9. The van der Waals surface area contributed by atoms with E-state index in [2.05, 4.69) is 15.4 Å². The molecular weight excluding hydrogens is 296 g/mol. The standard InChI is InChI=1S/C13H9ClN4OS/c14-11-5-4-10(20-11)13(19)17-9-3-1-6-15-12(9)18-8-2-7-16-18/h1-8H,(H,17,19). The van der Waals surface area contributed by atoms with Crippen molar-refractivity contribution < 1.29 is 4.79 Å². The third kappa shape index (κ3) is 2.56. The second-order valence-electron chi connectivity index (χ2n) is 3.88. The highest BCUT2D eigenvalue weighted by atomic mass is 35.5. The molecule has 100 valence electrons. The highest BCUT2D eigenvalue weighted by molar-refractivity contribution is 7.18. The Morgan fingerprint density at radius 3 is 2.85 bits per heavy atom. The fourth-order valence-corrected chi connectivity index (χ4v) is 2.63. The molecule has 0 atom stereocenters. The number of pyridine rings is 1. The lowest BCUT2D eigenvalue weighted by Gasteiger charge is -2.08. The quantitative estimate of drug-likeness (QED) is 0.808. The van der Waals surface area contributed by atoms with Crippen LogP contribution >= 0.6 is 22.9 Å². The van der Waals surface area contributed by atoms with E-state index < -0.39 is 0 Å². The molecule has 0 saturated carbocycles. The summed E-state index contributed by atoms with van der Waals surface area (Å²) in [5.74, 6) is 0.344. The minimum atomic E-state index is -0.219. The van der Waals surface area contributed by atoms with Gasteiger partial charge in [0.1, 0.15) is 0 Å². The maximum absolute atomic E-state index is 12.1. The van der Waals surface area contributed by atoms with Crippen molar-refractivity contribution in [2.45, 2.75) is 0 Å². The smallest absolute Gasteiger partial charge is 0.265 e. The topological polar surface area (TPSA) is 59.8 Å². The lowest BCUT2D eigenvalue weighted by molar-refractivity contribution is 0.103. The summed E-state index contributed by atoms with van der Waals surface area (Å²) in [4.78, 5) is 16.9. The summed E-state index contributed by atoms with van der Waals surface area (Å²) in [6.45, 7) is 0. The first-order valence-corrected chi connectivity index (χ1v) is 6.95. The summed E-state index contributed by atoms with van der Waals surface area (Å²) in [6.07, 6.45) is 5.06. The molecule has 0 spiro atoms. The van der Waals surface area contributed by atoms with Crippen LogP contribution in [-0.4, -0.2) is 20.7 Å². The number of hydrogen-bond acceptors (Lipinski definition) is 4. The predicted octanol–water partition coefficient (Wildman–Crippen LogP) is 3.23. The van der Waals surface area contributed by atoms with Crippen LogP contribution in [0.3, 0.4) is 0 Å². The van der Waals surface area contributed by atoms with Gasteiger partial charge in [-0.1, -0.05) is 11.6 Å². The van der Waals surface area contributed by atoms with E-state index in [1.165, 1.54) is 11.3 Å². The Morgan fingerprint density at radius 1 is 1.25 bits per heavy atom. The van der Waals surface area contributed by atoms with Crippen LogP contribution in [0.5, 0.6) is 0 Å². The summed E-state index contributed by atoms with van der Waals surface area (Å²) < 4.78 is 2.17. The minimum absolute atomic E-state index is 0.219.